The lowest BCUT2D eigenvalue weighted by atomic mass is 9.84. The first-order valence-electron chi connectivity index (χ1n) is 11.7. The minimum atomic E-state index is -3.81. The van der Waals surface area contributed by atoms with E-state index in [2.05, 4.69) is 17.0 Å². The van der Waals surface area contributed by atoms with Crippen LogP contribution >= 0.6 is 0 Å². The largest absolute Gasteiger partial charge is 0.490 e. The smallest absolute Gasteiger partial charge is 0.262 e. The number of fused-ring (bicyclic) bond motifs is 3. The highest BCUT2D eigenvalue weighted by Crippen LogP contribution is 2.49. The lowest BCUT2D eigenvalue weighted by Crippen LogP contribution is -2.40. The quantitative estimate of drug-likeness (QED) is 0.660. The third-order valence-corrected chi connectivity index (χ3v) is 8.60. The summed E-state index contributed by atoms with van der Waals surface area (Å²) in [6.07, 6.45) is 5.89. The molecule has 0 aromatic heterocycles. The molecule has 2 aromatic carbocycles. The maximum Gasteiger partial charge on any atom is 0.262 e. The Kier molecular flexibility index (Phi) is 5.95. The zero-order valence-corrected chi connectivity index (χ0v) is 19.6. The molecule has 4 atom stereocenters. The maximum absolute atomic E-state index is 12.9. The van der Waals surface area contributed by atoms with E-state index in [1.807, 2.05) is 0 Å². The van der Waals surface area contributed by atoms with Gasteiger partial charge in [-0.3, -0.25) is 9.52 Å². The van der Waals surface area contributed by atoms with Gasteiger partial charge in [0.15, 0.2) is 11.5 Å². The van der Waals surface area contributed by atoms with Gasteiger partial charge >= 0.3 is 0 Å². The highest BCUT2D eigenvalue weighted by Gasteiger charge is 2.42. The Morgan fingerprint density at radius 2 is 1.76 bits per heavy atom. The van der Waals surface area contributed by atoms with E-state index in [1.165, 1.54) is 37.8 Å². The monoisotopic (exact) mass is 470 g/mol. The molecule has 4 unspecified atom stereocenters. The Bertz CT molecular complexity index is 1130. The van der Waals surface area contributed by atoms with Crippen LogP contribution in [-0.4, -0.2) is 33.6 Å². The van der Waals surface area contributed by atoms with Gasteiger partial charge in [-0.1, -0.05) is 6.42 Å². The molecule has 2 N–H and O–H groups in total. The van der Waals surface area contributed by atoms with Crippen LogP contribution in [-0.2, 0) is 10.0 Å². The second-order valence-electron chi connectivity index (χ2n) is 9.44. The van der Waals surface area contributed by atoms with E-state index in [0.29, 0.717) is 41.9 Å². The fourth-order valence-electron chi connectivity index (χ4n) is 5.52. The normalized spacial score (nSPS) is 24.7. The molecule has 2 saturated carbocycles. The highest BCUT2D eigenvalue weighted by molar-refractivity contribution is 7.92. The first-order valence-corrected chi connectivity index (χ1v) is 13.2. The van der Waals surface area contributed by atoms with Crippen LogP contribution in [0, 0.1) is 17.8 Å². The van der Waals surface area contributed by atoms with E-state index in [9.17, 15) is 13.2 Å². The molecule has 3 aliphatic rings. The Labute approximate surface area is 194 Å². The van der Waals surface area contributed by atoms with Gasteiger partial charge < -0.3 is 14.8 Å². The van der Waals surface area contributed by atoms with Crippen LogP contribution in [0.2, 0.25) is 0 Å². The van der Waals surface area contributed by atoms with Gasteiger partial charge in [0.2, 0.25) is 0 Å². The molecule has 2 aromatic rings. The lowest BCUT2D eigenvalue weighted by molar-refractivity contribution is 0.0915. The zero-order chi connectivity index (χ0) is 23.0. The molecule has 176 valence electrons. The number of benzene rings is 2. The fraction of sp³-hybridized carbons (Fsp3) is 0.480. The van der Waals surface area contributed by atoms with Crippen molar-refractivity contribution in [2.75, 3.05) is 17.9 Å². The van der Waals surface area contributed by atoms with Crippen LogP contribution in [0.3, 0.4) is 0 Å². The average molecular weight is 471 g/mol. The summed E-state index contributed by atoms with van der Waals surface area (Å²) in [7, 11) is -3.81. The maximum atomic E-state index is 12.9. The van der Waals surface area contributed by atoms with Gasteiger partial charge in [-0.15, -0.1) is 0 Å². The summed E-state index contributed by atoms with van der Waals surface area (Å²) in [5, 5.41) is 3.15. The van der Waals surface area contributed by atoms with Gasteiger partial charge in [0, 0.05) is 29.8 Å². The number of carbonyl (C=O) groups is 1. The van der Waals surface area contributed by atoms with Crippen molar-refractivity contribution in [3.8, 4) is 11.5 Å². The Balaban J connectivity index is 1.23. The number of amides is 1. The third-order valence-electron chi connectivity index (χ3n) is 7.22. The predicted molar refractivity (Wildman–Crippen MR) is 125 cm³/mol. The van der Waals surface area contributed by atoms with Gasteiger partial charge in [0.05, 0.1) is 18.1 Å². The van der Waals surface area contributed by atoms with Crippen molar-refractivity contribution in [3.05, 3.63) is 48.0 Å². The summed E-state index contributed by atoms with van der Waals surface area (Å²) in [5.41, 5.74) is 0.906. The van der Waals surface area contributed by atoms with E-state index < -0.39 is 10.0 Å². The minimum Gasteiger partial charge on any atom is -0.490 e. The van der Waals surface area contributed by atoms with Gasteiger partial charge in [-0.2, -0.15) is 0 Å². The Morgan fingerprint density at radius 1 is 1.00 bits per heavy atom. The van der Waals surface area contributed by atoms with Gasteiger partial charge in [-0.05, 0) is 80.3 Å². The van der Waals surface area contributed by atoms with Crippen LogP contribution in [0.15, 0.2) is 47.4 Å². The standard InChI is InChI=1S/C25H30N2O5S/c1-16(22-14-17-3-4-19(22)13-17)26-25(28)18-5-7-20(8-6-18)27-33(29,30)21-9-10-23-24(15-21)32-12-2-11-31-23/h5-10,15-17,19,22,27H,2-4,11-14H2,1H3,(H,26,28). The van der Waals surface area contributed by atoms with E-state index in [-0.39, 0.29) is 16.8 Å². The first-order chi connectivity index (χ1) is 15.9. The predicted octanol–water partition coefficient (Wildman–Crippen LogP) is 4.20. The molecular formula is C25H30N2O5S. The van der Waals surface area contributed by atoms with E-state index in [4.69, 9.17) is 9.47 Å². The SMILES string of the molecule is CC(NC(=O)c1ccc(NS(=O)(=O)c2ccc3c(c2)OCCCO3)cc1)C1CC2CCC1C2. The van der Waals surface area contributed by atoms with Gasteiger partial charge in [-0.25, -0.2) is 8.42 Å². The number of ether oxygens (including phenoxy) is 2. The van der Waals surface area contributed by atoms with Crippen LogP contribution in [0.1, 0.15) is 49.4 Å². The summed E-state index contributed by atoms with van der Waals surface area (Å²) in [6, 6.07) is 11.2. The van der Waals surface area contributed by atoms with E-state index >= 15 is 0 Å². The second-order valence-corrected chi connectivity index (χ2v) is 11.1. The topological polar surface area (TPSA) is 93.7 Å². The number of carbonyl (C=O) groups excluding carboxylic acids is 1. The second kappa shape index (κ2) is 8.89. The summed E-state index contributed by atoms with van der Waals surface area (Å²) in [4.78, 5) is 12.8. The molecular weight excluding hydrogens is 440 g/mol. The molecule has 7 nitrogen and oxygen atoms in total. The average Bonchev–Trinajstić information content (AvgIpc) is 3.36. The van der Waals surface area contributed by atoms with E-state index in [0.717, 1.165) is 18.3 Å². The molecule has 5 rings (SSSR count). The molecule has 0 saturated heterocycles. The van der Waals surface area contributed by atoms with Crippen LogP contribution in [0.5, 0.6) is 11.5 Å². The molecule has 1 amide bonds. The number of rotatable bonds is 6. The molecule has 1 heterocycles. The van der Waals surface area contributed by atoms with Crippen molar-refractivity contribution >= 4 is 21.6 Å². The molecule has 0 radical (unpaired) electrons. The van der Waals surface area contributed by atoms with Crippen molar-refractivity contribution < 1.29 is 22.7 Å². The van der Waals surface area contributed by atoms with Crippen molar-refractivity contribution in [1.29, 1.82) is 0 Å². The third kappa shape index (κ3) is 4.67. The van der Waals surface area contributed by atoms with Crippen molar-refractivity contribution in [2.45, 2.75) is 50.0 Å². The summed E-state index contributed by atoms with van der Waals surface area (Å²) in [5.74, 6) is 2.99. The summed E-state index contributed by atoms with van der Waals surface area (Å²) < 4.78 is 39.5. The van der Waals surface area contributed by atoms with E-state index in [1.54, 1.807) is 30.3 Å². The van der Waals surface area contributed by atoms with Crippen molar-refractivity contribution in [3.63, 3.8) is 0 Å². The van der Waals surface area contributed by atoms with Crippen LogP contribution < -0.4 is 19.5 Å². The molecule has 0 spiro atoms. The Morgan fingerprint density at radius 3 is 2.45 bits per heavy atom. The highest BCUT2D eigenvalue weighted by atomic mass is 32.2. The minimum absolute atomic E-state index is 0.0910. The molecule has 2 aliphatic carbocycles. The molecule has 8 heteroatoms. The molecule has 2 bridgehead atoms. The molecule has 33 heavy (non-hydrogen) atoms. The number of hydrogen-bond acceptors (Lipinski definition) is 5. The summed E-state index contributed by atoms with van der Waals surface area (Å²) >= 11 is 0. The zero-order valence-electron chi connectivity index (χ0n) is 18.8. The van der Waals surface area contributed by atoms with Crippen LogP contribution in [0.25, 0.3) is 0 Å². The first kappa shape index (κ1) is 22.1. The lowest BCUT2D eigenvalue weighted by Gasteiger charge is -2.28. The van der Waals surface area contributed by atoms with Crippen LogP contribution in [0.4, 0.5) is 5.69 Å². The number of anilines is 1. The number of hydrogen-bond donors (Lipinski definition) is 2. The summed E-state index contributed by atoms with van der Waals surface area (Å²) in [6.45, 7) is 3.12. The molecule has 1 aliphatic heterocycles. The Hall–Kier alpha value is -2.74. The number of sulfonamides is 1. The van der Waals surface area contributed by atoms with Gasteiger partial charge in [0.1, 0.15) is 0 Å². The van der Waals surface area contributed by atoms with Crippen molar-refractivity contribution in [2.24, 2.45) is 17.8 Å². The van der Waals surface area contributed by atoms with Gasteiger partial charge in [0.25, 0.3) is 15.9 Å². The fourth-order valence-corrected chi connectivity index (χ4v) is 6.59. The molecule has 2 fully saturated rings. The number of nitrogens with one attached hydrogen (secondary N) is 2. The van der Waals surface area contributed by atoms with Crippen molar-refractivity contribution in [1.82, 2.24) is 5.32 Å².